The number of hydrogen-bond donors (Lipinski definition) is 1. The SMILES string of the molecule is CN(CCO)CCCCOC1CCC(N(C)S(=O)(=O)c2ccc(C(F)(F)F)cc2)CC1. The summed E-state index contributed by atoms with van der Waals surface area (Å²) in [6.45, 7) is 2.37. The van der Waals surface area contributed by atoms with Gasteiger partial charge in [-0.3, -0.25) is 0 Å². The zero-order chi connectivity index (χ0) is 23.1. The van der Waals surface area contributed by atoms with Crippen LogP contribution >= 0.6 is 0 Å². The lowest BCUT2D eigenvalue weighted by atomic mass is 9.93. The Bertz CT molecular complexity index is 764. The Balaban J connectivity index is 1.78. The molecule has 0 bridgehead atoms. The van der Waals surface area contributed by atoms with E-state index < -0.39 is 21.8 Å². The summed E-state index contributed by atoms with van der Waals surface area (Å²) in [7, 11) is -0.399. The smallest absolute Gasteiger partial charge is 0.395 e. The van der Waals surface area contributed by atoms with E-state index in [1.54, 1.807) is 0 Å². The molecule has 0 atom stereocenters. The van der Waals surface area contributed by atoms with Crippen LogP contribution in [0.4, 0.5) is 13.2 Å². The van der Waals surface area contributed by atoms with Crippen molar-refractivity contribution >= 4 is 10.0 Å². The Hall–Kier alpha value is -1.20. The predicted molar refractivity (Wildman–Crippen MR) is 112 cm³/mol. The molecule has 1 aromatic rings. The van der Waals surface area contributed by atoms with Crippen molar-refractivity contribution in [2.24, 2.45) is 0 Å². The van der Waals surface area contributed by atoms with E-state index in [9.17, 15) is 21.6 Å². The molecule has 0 aliphatic heterocycles. The largest absolute Gasteiger partial charge is 0.416 e. The van der Waals surface area contributed by atoms with Gasteiger partial charge in [0.25, 0.3) is 0 Å². The van der Waals surface area contributed by atoms with Crippen molar-refractivity contribution in [1.29, 1.82) is 0 Å². The fraction of sp³-hybridized carbons (Fsp3) is 0.714. The van der Waals surface area contributed by atoms with Crippen molar-refractivity contribution in [2.45, 2.75) is 61.7 Å². The van der Waals surface area contributed by atoms with Crippen LogP contribution in [0.1, 0.15) is 44.1 Å². The second-order valence-electron chi connectivity index (χ2n) is 8.08. The van der Waals surface area contributed by atoms with Gasteiger partial charge in [-0.25, -0.2) is 8.42 Å². The van der Waals surface area contributed by atoms with Crippen LogP contribution in [-0.2, 0) is 20.9 Å². The third kappa shape index (κ3) is 7.71. The highest BCUT2D eigenvalue weighted by Crippen LogP contribution is 2.32. The van der Waals surface area contributed by atoms with Gasteiger partial charge in [0.05, 0.1) is 23.2 Å². The average Bonchev–Trinajstić information content (AvgIpc) is 2.73. The van der Waals surface area contributed by atoms with Gasteiger partial charge in [0.15, 0.2) is 0 Å². The molecule has 178 valence electrons. The Morgan fingerprint density at radius 2 is 1.65 bits per heavy atom. The van der Waals surface area contributed by atoms with E-state index in [2.05, 4.69) is 4.90 Å². The van der Waals surface area contributed by atoms with Gasteiger partial charge in [-0.1, -0.05) is 0 Å². The molecule has 0 unspecified atom stereocenters. The van der Waals surface area contributed by atoms with Gasteiger partial charge < -0.3 is 14.7 Å². The van der Waals surface area contributed by atoms with Gasteiger partial charge in [0.1, 0.15) is 0 Å². The second-order valence-corrected chi connectivity index (χ2v) is 10.1. The van der Waals surface area contributed by atoms with E-state index >= 15 is 0 Å². The van der Waals surface area contributed by atoms with Gasteiger partial charge in [-0.2, -0.15) is 17.5 Å². The summed E-state index contributed by atoms with van der Waals surface area (Å²) in [6, 6.07) is 3.43. The minimum Gasteiger partial charge on any atom is -0.395 e. The molecule has 1 N–H and O–H groups in total. The van der Waals surface area contributed by atoms with E-state index in [-0.39, 0.29) is 23.6 Å². The summed E-state index contributed by atoms with van der Waals surface area (Å²) in [5.74, 6) is 0. The molecule has 31 heavy (non-hydrogen) atoms. The first-order valence-corrected chi connectivity index (χ1v) is 12.1. The lowest BCUT2D eigenvalue weighted by Crippen LogP contribution is -2.40. The van der Waals surface area contributed by atoms with Gasteiger partial charge in [0, 0.05) is 26.2 Å². The molecule has 0 heterocycles. The van der Waals surface area contributed by atoms with E-state index in [1.165, 1.54) is 11.4 Å². The van der Waals surface area contributed by atoms with Crippen molar-refractivity contribution in [3.05, 3.63) is 29.8 Å². The molecule has 0 amide bonds. The minimum atomic E-state index is -4.50. The van der Waals surface area contributed by atoms with Crippen LogP contribution in [-0.4, -0.2) is 75.3 Å². The number of nitrogens with zero attached hydrogens (tertiary/aromatic N) is 2. The standard InChI is InChI=1S/C21H33F3N2O4S/c1-25(14-15-27)13-3-4-16-30-19-9-7-18(8-10-19)26(2)31(28,29)20-11-5-17(6-12-20)21(22,23)24/h5-6,11-12,18-19,27H,3-4,7-10,13-16H2,1-2H3. The molecule has 1 aromatic carbocycles. The molecule has 0 spiro atoms. The monoisotopic (exact) mass is 466 g/mol. The Kier molecular flexibility index (Phi) is 9.75. The predicted octanol–water partition coefficient (Wildman–Crippen LogP) is 3.36. The summed E-state index contributed by atoms with van der Waals surface area (Å²) >= 11 is 0. The quantitative estimate of drug-likeness (QED) is 0.507. The molecule has 6 nitrogen and oxygen atoms in total. The molecule has 0 aromatic heterocycles. The Morgan fingerprint density at radius 1 is 1.03 bits per heavy atom. The Labute approximate surface area is 183 Å². The zero-order valence-electron chi connectivity index (χ0n) is 18.1. The number of halogens is 3. The van der Waals surface area contributed by atoms with Crippen LogP contribution in [0, 0.1) is 0 Å². The van der Waals surface area contributed by atoms with Gasteiger partial charge in [-0.15, -0.1) is 0 Å². The number of hydrogen-bond acceptors (Lipinski definition) is 5. The summed E-state index contributed by atoms with van der Waals surface area (Å²) in [5.41, 5.74) is -0.869. The van der Waals surface area contributed by atoms with Crippen LogP contribution in [0.2, 0.25) is 0 Å². The zero-order valence-corrected chi connectivity index (χ0v) is 19.0. The molecule has 1 saturated carbocycles. The summed E-state index contributed by atoms with van der Waals surface area (Å²) in [5, 5.41) is 8.88. The molecule has 1 aliphatic rings. The van der Waals surface area contributed by atoms with Crippen LogP contribution in [0.15, 0.2) is 29.2 Å². The summed E-state index contributed by atoms with van der Waals surface area (Å²) in [4.78, 5) is 1.94. The number of sulfonamides is 1. The Morgan fingerprint density at radius 3 is 2.19 bits per heavy atom. The number of aliphatic hydroxyl groups excluding tert-OH is 1. The number of aliphatic hydroxyl groups is 1. The highest BCUT2D eigenvalue weighted by atomic mass is 32.2. The first-order chi connectivity index (χ1) is 14.6. The maximum absolute atomic E-state index is 12.8. The molecular formula is C21H33F3N2O4S. The van der Waals surface area contributed by atoms with Crippen LogP contribution < -0.4 is 0 Å². The highest BCUT2D eigenvalue weighted by molar-refractivity contribution is 7.89. The number of rotatable bonds is 11. The molecule has 2 rings (SSSR count). The highest BCUT2D eigenvalue weighted by Gasteiger charge is 2.34. The lowest BCUT2D eigenvalue weighted by Gasteiger charge is -2.34. The van der Waals surface area contributed by atoms with E-state index in [0.717, 1.165) is 56.5 Å². The van der Waals surface area contributed by atoms with Crippen molar-refractivity contribution < 1.29 is 31.4 Å². The van der Waals surface area contributed by atoms with Crippen molar-refractivity contribution in [1.82, 2.24) is 9.21 Å². The van der Waals surface area contributed by atoms with E-state index in [4.69, 9.17) is 9.84 Å². The van der Waals surface area contributed by atoms with Crippen LogP contribution in [0.25, 0.3) is 0 Å². The summed E-state index contributed by atoms with van der Waals surface area (Å²) < 4.78 is 71.0. The number of ether oxygens (including phenoxy) is 1. The molecule has 0 saturated heterocycles. The van der Waals surface area contributed by atoms with Crippen molar-refractivity contribution in [3.63, 3.8) is 0 Å². The van der Waals surface area contributed by atoms with Crippen LogP contribution in [0.5, 0.6) is 0 Å². The third-order valence-electron chi connectivity index (χ3n) is 5.79. The lowest BCUT2D eigenvalue weighted by molar-refractivity contribution is -0.137. The van der Waals surface area contributed by atoms with Gasteiger partial charge >= 0.3 is 6.18 Å². The number of alkyl halides is 3. The fourth-order valence-corrected chi connectivity index (χ4v) is 5.19. The normalized spacial score (nSPS) is 20.5. The maximum atomic E-state index is 12.8. The first kappa shape index (κ1) is 26.1. The number of benzene rings is 1. The molecular weight excluding hydrogens is 433 g/mol. The maximum Gasteiger partial charge on any atom is 0.416 e. The summed E-state index contributed by atoms with van der Waals surface area (Å²) in [6.07, 6.45) is 0.332. The number of unbranched alkanes of at least 4 members (excludes halogenated alkanes) is 1. The van der Waals surface area contributed by atoms with E-state index in [1.807, 2.05) is 7.05 Å². The molecule has 1 fully saturated rings. The second kappa shape index (κ2) is 11.6. The minimum absolute atomic E-state index is 0.105. The van der Waals surface area contributed by atoms with E-state index in [0.29, 0.717) is 26.0 Å². The van der Waals surface area contributed by atoms with Crippen molar-refractivity contribution in [2.75, 3.05) is 40.4 Å². The topological polar surface area (TPSA) is 70.1 Å². The molecule has 1 aliphatic carbocycles. The van der Waals surface area contributed by atoms with Crippen LogP contribution in [0.3, 0.4) is 0 Å². The average molecular weight is 467 g/mol. The molecule has 0 radical (unpaired) electrons. The van der Waals surface area contributed by atoms with Gasteiger partial charge in [-0.05, 0) is 76.4 Å². The third-order valence-corrected chi connectivity index (χ3v) is 7.71. The molecule has 10 heteroatoms. The number of likely N-dealkylation sites (N-methyl/N-ethyl adjacent to an activating group) is 1. The van der Waals surface area contributed by atoms with Gasteiger partial charge in [0.2, 0.25) is 10.0 Å². The first-order valence-electron chi connectivity index (χ1n) is 10.6. The van der Waals surface area contributed by atoms with Crippen molar-refractivity contribution in [3.8, 4) is 0 Å². The fourth-order valence-electron chi connectivity index (χ4n) is 3.77.